The lowest BCUT2D eigenvalue weighted by atomic mass is 10.00. The average Bonchev–Trinajstić information content (AvgIpc) is 2.52. The number of rotatable bonds is 5. The van der Waals surface area contributed by atoms with E-state index in [0.717, 1.165) is 6.42 Å². The number of pyridine rings is 1. The van der Waals surface area contributed by atoms with Crippen molar-refractivity contribution < 1.29 is 4.79 Å². The Labute approximate surface area is 130 Å². The molecule has 0 aliphatic heterocycles. The van der Waals surface area contributed by atoms with Crippen LogP contribution in [-0.4, -0.2) is 29.8 Å². The molecule has 0 saturated heterocycles. The van der Waals surface area contributed by atoms with E-state index in [0.29, 0.717) is 16.8 Å². The molecule has 0 fully saturated rings. The zero-order valence-corrected chi connectivity index (χ0v) is 13.1. The van der Waals surface area contributed by atoms with E-state index in [1.165, 1.54) is 11.6 Å². The number of aromatic nitrogens is 1. The van der Waals surface area contributed by atoms with Crippen LogP contribution in [0.15, 0.2) is 47.4 Å². The molecule has 0 atom stereocenters. The minimum Gasteiger partial charge on any atom is -0.383 e. The molecule has 22 heavy (non-hydrogen) atoms. The van der Waals surface area contributed by atoms with E-state index in [2.05, 4.69) is 11.9 Å². The molecule has 0 amide bonds. The molecular formula is C18H20N2O2. The number of ketones is 1. The number of H-pyrrole nitrogens is 1. The standard InChI is InChI=1S/C18H20N2O2/c1-4-13-5-7-14(8-6-13)18(22)15-9-10-17(21)19-16(15)11-12-20(2)3/h5-12H,4H2,1-3H3,(H,19,21)/b12-11+. The second-order valence-electron chi connectivity index (χ2n) is 5.31. The van der Waals surface area contributed by atoms with Gasteiger partial charge in [0.15, 0.2) is 5.78 Å². The van der Waals surface area contributed by atoms with Crippen molar-refractivity contribution in [2.24, 2.45) is 0 Å². The van der Waals surface area contributed by atoms with Crippen molar-refractivity contribution in [2.45, 2.75) is 13.3 Å². The molecule has 0 bridgehead atoms. The molecule has 114 valence electrons. The van der Waals surface area contributed by atoms with Crippen LogP contribution < -0.4 is 5.56 Å². The van der Waals surface area contributed by atoms with E-state index in [-0.39, 0.29) is 11.3 Å². The van der Waals surface area contributed by atoms with E-state index >= 15 is 0 Å². The molecule has 0 aliphatic rings. The Hall–Kier alpha value is -2.62. The van der Waals surface area contributed by atoms with Crippen molar-refractivity contribution in [1.29, 1.82) is 0 Å². The van der Waals surface area contributed by atoms with Gasteiger partial charge < -0.3 is 9.88 Å². The highest BCUT2D eigenvalue weighted by molar-refractivity contribution is 6.10. The Bertz CT molecular complexity index is 740. The van der Waals surface area contributed by atoms with E-state index in [9.17, 15) is 9.59 Å². The van der Waals surface area contributed by atoms with Gasteiger partial charge in [-0.25, -0.2) is 0 Å². The number of carbonyl (C=O) groups is 1. The van der Waals surface area contributed by atoms with E-state index in [4.69, 9.17) is 0 Å². The Morgan fingerprint density at radius 1 is 1.14 bits per heavy atom. The fraction of sp³-hybridized carbons (Fsp3) is 0.222. The summed E-state index contributed by atoms with van der Waals surface area (Å²) in [5.74, 6) is -0.0997. The predicted molar refractivity (Wildman–Crippen MR) is 89.0 cm³/mol. The van der Waals surface area contributed by atoms with Crippen LogP contribution in [0.5, 0.6) is 0 Å². The SMILES string of the molecule is CCc1ccc(C(=O)c2ccc(=O)[nH]c2/C=C/N(C)C)cc1. The summed E-state index contributed by atoms with van der Waals surface area (Å²) in [4.78, 5) is 28.7. The summed E-state index contributed by atoms with van der Waals surface area (Å²) in [6, 6.07) is 10.5. The van der Waals surface area contributed by atoms with Crippen LogP contribution in [0.3, 0.4) is 0 Å². The molecule has 1 aromatic carbocycles. The van der Waals surface area contributed by atoms with Gasteiger partial charge in [0.2, 0.25) is 5.56 Å². The Morgan fingerprint density at radius 3 is 2.41 bits per heavy atom. The summed E-state index contributed by atoms with van der Waals surface area (Å²) in [5, 5.41) is 0. The van der Waals surface area contributed by atoms with Crippen molar-refractivity contribution in [3.05, 3.63) is 75.3 Å². The average molecular weight is 296 g/mol. The highest BCUT2D eigenvalue weighted by atomic mass is 16.1. The van der Waals surface area contributed by atoms with Crippen molar-refractivity contribution in [3.63, 3.8) is 0 Å². The molecule has 0 radical (unpaired) electrons. The summed E-state index contributed by atoms with van der Waals surface area (Å²) >= 11 is 0. The van der Waals surface area contributed by atoms with Crippen molar-refractivity contribution >= 4 is 11.9 Å². The van der Waals surface area contributed by atoms with Gasteiger partial charge in [0.25, 0.3) is 0 Å². The topological polar surface area (TPSA) is 53.2 Å². The third kappa shape index (κ3) is 3.73. The molecule has 4 nitrogen and oxygen atoms in total. The number of nitrogens with one attached hydrogen (secondary N) is 1. The van der Waals surface area contributed by atoms with Gasteiger partial charge in [0, 0.05) is 37.5 Å². The maximum Gasteiger partial charge on any atom is 0.248 e. The molecule has 1 N–H and O–H groups in total. The lowest BCUT2D eigenvalue weighted by Gasteiger charge is -2.08. The number of benzene rings is 1. The first-order valence-corrected chi connectivity index (χ1v) is 7.23. The second kappa shape index (κ2) is 6.89. The minimum absolute atomic E-state index is 0.0997. The van der Waals surface area contributed by atoms with Crippen LogP contribution in [0.4, 0.5) is 0 Å². The quantitative estimate of drug-likeness (QED) is 0.863. The fourth-order valence-electron chi connectivity index (χ4n) is 2.09. The van der Waals surface area contributed by atoms with Gasteiger partial charge in [-0.2, -0.15) is 0 Å². The van der Waals surface area contributed by atoms with Gasteiger partial charge in [-0.15, -0.1) is 0 Å². The number of carbonyl (C=O) groups excluding carboxylic acids is 1. The molecule has 2 aromatic rings. The first-order valence-electron chi connectivity index (χ1n) is 7.23. The molecule has 1 heterocycles. The van der Waals surface area contributed by atoms with Crippen LogP contribution in [0.1, 0.15) is 34.1 Å². The van der Waals surface area contributed by atoms with E-state index < -0.39 is 0 Å². The third-order valence-corrected chi connectivity index (χ3v) is 3.36. The summed E-state index contributed by atoms with van der Waals surface area (Å²) in [7, 11) is 3.75. The summed E-state index contributed by atoms with van der Waals surface area (Å²) < 4.78 is 0. The van der Waals surface area contributed by atoms with Gasteiger partial charge >= 0.3 is 0 Å². The van der Waals surface area contributed by atoms with Crippen LogP contribution in [0, 0.1) is 0 Å². The minimum atomic E-state index is -0.226. The zero-order valence-electron chi connectivity index (χ0n) is 13.1. The zero-order chi connectivity index (χ0) is 16.1. The largest absolute Gasteiger partial charge is 0.383 e. The lowest BCUT2D eigenvalue weighted by molar-refractivity contribution is 0.103. The van der Waals surface area contributed by atoms with Crippen LogP contribution in [0.25, 0.3) is 6.08 Å². The molecule has 4 heteroatoms. The molecule has 0 spiro atoms. The third-order valence-electron chi connectivity index (χ3n) is 3.36. The van der Waals surface area contributed by atoms with Crippen molar-refractivity contribution in [2.75, 3.05) is 14.1 Å². The molecule has 0 aliphatic carbocycles. The monoisotopic (exact) mass is 296 g/mol. The maximum absolute atomic E-state index is 12.7. The second-order valence-corrected chi connectivity index (χ2v) is 5.31. The van der Waals surface area contributed by atoms with Gasteiger partial charge in [-0.05, 0) is 24.1 Å². The highest BCUT2D eigenvalue weighted by Gasteiger charge is 2.13. The van der Waals surface area contributed by atoms with Gasteiger partial charge in [-0.3, -0.25) is 9.59 Å². The number of aromatic amines is 1. The number of hydrogen-bond donors (Lipinski definition) is 1. The number of hydrogen-bond acceptors (Lipinski definition) is 3. The number of aryl methyl sites for hydroxylation is 1. The molecular weight excluding hydrogens is 276 g/mol. The normalized spacial score (nSPS) is 10.9. The molecule has 0 saturated carbocycles. The first kappa shape index (κ1) is 15.8. The summed E-state index contributed by atoms with van der Waals surface area (Å²) in [6.45, 7) is 2.07. The van der Waals surface area contributed by atoms with Crippen LogP contribution in [0.2, 0.25) is 0 Å². The highest BCUT2D eigenvalue weighted by Crippen LogP contribution is 2.14. The number of nitrogens with zero attached hydrogens (tertiary/aromatic N) is 1. The lowest BCUT2D eigenvalue weighted by Crippen LogP contribution is -2.12. The molecule has 0 unspecified atom stereocenters. The molecule has 2 rings (SSSR count). The Balaban J connectivity index is 2.41. The fourth-order valence-corrected chi connectivity index (χ4v) is 2.09. The Morgan fingerprint density at radius 2 is 1.82 bits per heavy atom. The van der Waals surface area contributed by atoms with Gasteiger partial charge in [-0.1, -0.05) is 31.2 Å². The molecule has 1 aromatic heterocycles. The van der Waals surface area contributed by atoms with E-state index in [1.807, 2.05) is 43.3 Å². The van der Waals surface area contributed by atoms with Crippen LogP contribution in [-0.2, 0) is 6.42 Å². The predicted octanol–water partition coefficient (Wildman–Crippen LogP) is 2.70. The van der Waals surface area contributed by atoms with Crippen molar-refractivity contribution in [1.82, 2.24) is 9.88 Å². The smallest absolute Gasteiger partial charge is 0.248 e. The van der Waals surface area contributed by atoms with Gasteiger partial charge in [0.1, 0.15) is 0 Å². The summed E-state index contributed by atoms with van der Waals surface area (Å²) in [5.41, 5.74) is 2.58. The van der Waals surface area contributed by atoms with Crippen LogP contribution >= 0.6 is 0 Å². The first-order chi connectivity index (χ1) is 10.5. The Kier molecular flexibility index (Phi) is 4.94. The van der Waals surface area contributed by atoms with Crippen molar-refractivity contribution in [3.8, 4) is 0 Å². The summed E-state index contributed by atoms with van der Waals surface area (Å²) in [6.07, 6.45) is 4.46. The van der Waals surface area contributed by atoms with Gasteiger partial charge in [0.05, 0.1) is 5.69 Å². The van der Waals surface area contributed by atoms with E-state index in [1.54, 1.807) is 18.3 Å². The maximum atomic E-state index is 12.7.